The molecular weight excluding hydrogens is 286 g/mol. The molecule has 0 atom stereocenters. The third kappa shape index (κ3) is 3.20. The van der Waals surface area contributed by atoms with Gasteiger partial charge in [0, 0.05) is 6.84 Å². The molecule has 1 heterocycles. The molecule has 0 bridgehead atoms. The lowest BCUT2D eigenvalue weighted by molar-refractivity contribution is -0.130. The van der Waals surface area contributed by atoms with Crippen LogP contribution in [0.2, 0.25) is 0 Å². The molecular formula is C20H29NO2. The highest BCUT2D eigenvalue weighted by molar-refractivity contribution is 6.17. The Morgan fingerprint density at radius 1 is 1.26 bits per heavy atom. The van der Waals surface area contributed by atoms with E-state index in [4.69, 9.17) is 0 Å². The van der Waals surface area contributed by atoms with Crippen molar-refractivity contribution in [2.75, 3.05) is 19.6 Å². The lowest BCUT2D eigenvalue weighted by atomic mass is 9.74. The summed E-state index contributed by atoms with van der Waals surface area (Å²) in [6.07, 6.45) is 5.27. The van der Waals surface area contributed by atoms with Crippen molar-refractivity contribution in [3.8, 4) is 0 Å². The van der Waals surface area contributed by atoms with Crippen LogP contribution < -0.4 is 0 Å². The van der Waals surface area contributed by atoms with Crippen LogP contribution in [0, 0.1) is 5.41 Å². The number of benzene rings is 1. The van der Waals surface area contributed by atoms with E-state index in [9.17, 15) is 9.90 Å². The topological polar surface area (TPSA) is 40.5 Å². The number of carboxylic acid groups (broad SMARTS) is 1. The molecule has 2 aliphatic rings. The molecule has 0 unspecified atom stereocenters. The minimum atomic E-state index is -0.801. The minimum Gasteiger partial charge on any atom is -0.478 e. The van der Waals surface area contributed by atoms with E-state index in [1.807, 2.05) is 24.3 Å². The van der Waals surface area contributed by atoms with Gasteiger partial charge in [-0.25, -0.2) is 4.79 Å². The van der Waals surface area contributed by atoms with Crippen LogP contribution in [0.3, 0.4) is 0 Å². The summed E-state index contributed by atoms with van der Waals surface area (Å²) in [7, 11) is 0. The van der Waals surface area contributed by atoms with Crippen molar-refractivity contribution in [1.82, 2.24) is 4.90 Å². The molecule has 1 saturated heterocycles. The summed E-state index contributed by atoms with van der Waals surface area (Å²) < 4.78 is 0. The number of nitrogens with zero attached hydrogens (tertiary/aromatic N) is 1. The summed E-state index contributed by atoms with van der Waals surface area (Å²) in [5.74, 6) is -0.801. The Bertz CT molecular complexity index is 637. The predicted octanol–water partition coefficient (Wildman–Crippen LogP) is 4.18. The fourth-order valence-electron chi connectivity index (χ4n) is 3.84. The molecule has 3 nitrogen and oxygen atoms in total. The second-order valence-electron chi connectivity index (χ2n) is 8.22. The molecule has 3 heteroatoms. The van der Waals surface area contributed by atoms with E-state index in [1.165, 1.54) is 12.0 Å². The average molecular weight is 315 g/mol. The number of aliphatic carboxylic acids is 1. The summed E-state index contributed by atoms with van der Waals surface area (Å²) in [5.41, 5.74) is 2.92. The van der Waals surface area contributed by atoms with E-state index < -0.39 is 5.97 Å². The zero-order chi connectivity index (χ0) is 16.7. The molecule has 1 aromatic rings. The number of carboxylic acids is 1. The standard InChI is InChI=1S/C20H27NO2.H2/c1-19(2,3)8-11-21-12-9-20(10-13-21)14-16(18(22)23)15-6-4-5-7-17(15)20;/h4-7,14H,8-13H2,1-3H3,(H,22,23);1H. The molecule has 23 heavy (non-hydrogen) atoms. The summed E-state index contributed by atoms with van der Waals surface area (Å²) in [6, 6.07) is 8.04. The highest BCUT2D eigenvalue weighted by Gasteiger charge is 2.41. The number of hydrogen-bond acceptors (Lipinski definition) is 2. The van der Waals surface area contributed by atoms with E-state index in [0.717, 1.165) is 38.0 Å². The van der Waals surface area contributed by atoms with E-state index in [0.29, 0.717) is 11.0 Å². The molecule has 1 fully saturated rings. The Kier molecular flexibility index (Phi) is 4.09. The maximum Gasteiger partial charge on any atom is 0.336 e. The Balaban J connectivity index is 0.00000208. The van der Waals surface area contributed by atoms with Crippen LogP contribution in [-0.2, 0) is 10.2 Å². The normalized spacial score (nSPS) is 20.4. The Hall–Kier alpha value is -1.61. The Morgan fingerprint density at radius 3 is 2.52 bits per heavy atom. The van der Waals surface area contributed by atoms with Crippen LogP contribution >= 0.6 is 0 Å². The van der Waals surface area contributed by atoms with Gasteiger partial charge < -0.3 is 10.0 Å². The number of piperidine rings is 1. The number of rotatable bonds is 3. The zero-order valence-electron chi connectivity index (χ0n) is 14.4. The predicted molar refractivity (Wildman–Crippen MR) is 95.6 cm³/mol. The lowest BCUT2D eigenvalue weighted by Gasteiger charge is -2.40. The minimum absolute atomic E-state index is 0. The number of allylic oxidation sites excluding steroid dienone is 1. The molecule has 126 valence electrons. The van der Waals surface area contributed by atoms with Crippen LogP contribution in [0.4, 0.5) is 0 Å². The molecule has 1 aliphatic heterocycles. The van der Waals surface area contributed by atoms with Crippen LogP contribution in [-0.4, -0.2) is 35.6 Å². The van der Waals surface area contributed by atoms with Crippen molar-refractivity contribution in [3.63, 3.8) is 0 Å². The number of fused-ring (bicyclic) bond motifs is 2. The lowest BCUT2D eigenvalue weighted by Crippen LogP contribution is -2.42. The molecule has 0 aromatic heterocycles. The number of hydrogen-bond donors (Lipinski definition) is 1. The molecule has 1 N–H and O–H groups in total. The van der Waals surface area contributed by atoms with Gasteiger partial charge in [-0.15, -0.1) is 0 Å². The molecule has 0 amide bonds. The van der Waals surface area contributed by atoms with Gasteiger partial charge in [-0.2, -0.15) is 0 Å². The quantitative estimate of drug-likeness (QED) is 0.909. The first-order valence-electron chi connectivity index (χ1n) is 8.59. The van der Waals surface area contributed by atoms with Gasteiger partial charge in [0.05, 0.1) is 5.57 Å². The van der Waals surface area contributed by atoms with Crippen molar-refractivity contribution in [2.24, 2.45) is 5.41 Å². The van der Waals surface area contributed by atoms with Crippen molar-refractivity contribution in [1.29, 1.82) is 0 Å². The first-order valence-corrected chi connectivity index (χ1v) is 8.59. The summed E-state index contributed by atoms with van der Waals surface area (Å²) >= 11 is 0. The second-order valence-corrected chi connectivity index (χ2v) is 8.22. The first kappa shape index (κ1) is 16.3. The van der Waals surface area contributed by atoms with Gasteiger partial charge in [0.2, 0.25) is 0 Å². The van der Waals surface area contributed by atoms with Gasteiger partial charge in [0.15, 0.2) is 0 Å². The summed E-state index contributed by atoms with van der Waals surface area (Å²) in [4.78, 5) is 14.1. The summed E-state index contributed by atoms with van der Waals surface area (Å²) in [5, 5.41) is 9.52. The second kappa shape index (κ2) is 5.79. The maximum absolute atomic E-state index is 11.6. The van der Waals surface area contributed by atoms with Crippen LogP contribution in [0.1, 0.15) is 52.6 Å². The fourth-order valence-corrected chi connectivity index (χ4v) is 3.84. The van der Waals surface area contributed by atoms with Crippen LogP contribution in [0.5, 0.6) is 0 Å². The number of likely N-dealkylation sites (tertiary alicyclic amines) is 1. The van der Waals surface area contributed by atoms with Gasteiger partial charge >= 0.3 is 5.97 Å². The molecule has 0 radical (unpaired) electrons. The highest BCUT2D eigenvalue weighted by atomic mass is 16.4. The van der Waals surface area contributed by atoms with Crippen molar-refractivity contribution in [3.05, 3.63) is 41.5 Å². The van der Waals surface area contributed by atoms with Gasteiger partial charge in [-0.3, -0.25) is 0 Å². The van der Waals surface area contributed by atoms with E-state index in [-0.39, 0.29) is 6.84 Å². The van der Waals surface area contributed by atoms with Gasteiger partial charge in [-0.05, 0) is 55.4 Å². The highest BCUT2D eigenvalue weighted by Crippen LogP contribution is 2.47. The largest absolute Gasteiger partial charge is 0.478 e. The monoisotopic (exact) mass is 315 g/mol. The smallest absolute Gasteiger partial charge is 0.336 e. The van der Waals surface area contributed by atoms with Gasteiger partial charge in [-0.1, -0.05) is 51.1 Å². The van der Waals surface area contributed by atoms with E-state index in [1.54, 1.807) is 0 Å². The van der Waals surface area contributed by atoms with E-state index >= 15 is 0 Å². The van der Waals surface area contributed by atoms with Crippen LogP contribution in [0.25, 0.3) is 5.57 Å². The zero-order valence-corrected chi connectivity index (χ0v) is 14.4. The third-order valence-corrected chi connectivity index (χ3v) is 5.33. The Labute approximate surface area is 140 Å². The summed E-state index contributed by atoms with van der Waals surface area (Å²) in [6.45, 7) is 10.1. The molecule has 0 saturated carbocycles. The molecule has 1 aromatic carbocycles. The van der Waals surface area contributed by atoms with E-state index in [2.05, 4.69) is 31.7 Å². The Morgan fingerprint density at radius 2 is 1.91 bits per heavy atom. The van der Waals surface area contributed by atoms with Crippen LogP contribution in [0.15, 0.2) is 30.3 Å². The van der Waals surface area contributed by atoms with Crippen molar-refractivity contribution in [2.45, 2.75) is 45.4 Å². The first-order chi connectivity index (χ1) is 10.8. The van der Waals surface area contributed by atoms with Crippen molar-refractivity contribution >= 4 is 11.5 Å². The molecule has 1 spiro atoms. The molecule has 1 aliphatic carbocycles. The third-order valence-electron chi connectivity index (χ3n) is 5.33. The van der Waals surface area contributed by atoms with Crippen molar-refractivity contribution < 1.29 is 11.3 Å². The number of carbonyl (C=O) groups is 1. The van der Waals surface area contributed by atoms with Gasteiger partial charge in [0.25, 0.3) is 0 Å². The average Bonchev–Trinajstić information content (AvgIpc) is 2.82. The maximum atomic E-state index is 11.6. The fraction of sp³-hybridized carbons (Fsp3) is 0.550. The SMILES string of the molecule is CC(C)(C)CCN1CCC2(C=C(C(=O)O)c3ccccc32)CC1.[HH]. The molecule has 3 rings (SSSR count). The van der Waals surface area contributed by atoms with Gasteiger partial charge in [0.1, 0.15) is 0 Å².